The molecule has 412 valence electrons. The number of rotatable bonds is 26. The second kappa shape index (κ2) is 34.4. The molecule has 0 spiro atoms. The molecule has 0 amide bonds. The third kappa shape index (κ3) is 18.5. The predicted molar refractivity (Wildman–Crippen MR) is 303 cm³/mol. The van der Waals surface area contributed by atoms with Gasteiger partial charge in [-0.3, -0.25) is 0 Å². The Hall–Kier alpha value is -6.94. The van der Waals surface area contributed by atoms with Crippen LogP contribution in [-0.2, 0) is 25.7 Å². The number of benzene rings is 8. The van der Waals surface area contributed by atoms with Gasteiger partial charge in [0, 0.05) is 58.4 Å². The SMILES string of the molecule is CCCc1c(OCCCOc2cc(O)c(-c3ccccc3)cc2CC)cccc1Oc1ccccc1C(=O)[O-].CCCc1c(OCCCOc2cc(O)c(-c3ccccc3)cc2CC)cccc1Oc1ccccc1C(=O)[O-].O.[Na+].[Na+]. The van der Waals surface area contributed by atoms with Crippen LogP contribution in [0.25, 0.3) is 22.3 Å². The summed E-state index contributed by atoms with van der Waals surface area (Å²) in [6.07, 6.45) is 5.97. The quantitative estimate of drug-likeness (QED) is 0.0450. The van der Waals surface area contributed by atoms with Gasteiger partial charge in [-0.25, -0.2) is 0 Å². The van der Waals surface area contributed by atoms with Crippen LogP contribution >= 0.6 is 0 Å². The van der Waals surface area contributed by atoms with E-state index in [9.17, 15) is 30.0 Å². The van der Waals surface area contributed by atoms with Crippen molar-refractivity contribution < 1.29 is 123 Å². The molecule has 13 nitrogen and oxygen atoms in total. The van der Waals surface area contributed by atoms with Crippen LogP contribution in [0.15, 0.2) is 170 Å². The Morgan fingerprint density at radius 1 is 0.407 bits per heavy atom. The molecule has 0 saturated carbocycles. The summed E-state index contributed by atoms with van der Waals surface area (Å²) in [6.45, 7) is 9.95. The summed E-state index contributed by atoms with van der Waals surface area (Å²) < 4.78 is 36.3. The summed E-state index contributed by atoms with van der Waals surface area (Å²) in [5.74, 6) is 2.10. The van der Waals surface area contributed by atoms with Crippen molar-refractivity contribution in [2.45, 2.75) is 79.1 Å². The summed E-state index contributed by atoms with van der Waals surface area (Å²) in [6, 6.07) is 50.8. The largest absolute Gasteiger partial charge is 1.00 e. The summed E-state index contributed by atoms with van der Waals surface area (Å²) in [4.78, 5) is 23.0. The molecule has 0 aliphatic carbocycles. The topological polar surface area (TPSA) is 208 Å². The summed E-state index contributed by atoms with van der Waals surface area (Å²) in [7, 11) is 0. The number of carboxylic acid groups (broad SMARTS) is 2. The van der Waals surface area contributed by atoms with Gasteiger partial charge in [0.25, 0.3) is 0 Å². The molecule has 0 unspecified atom stereocenters. The number of hydrogen-bond acceptors (Lipinski definition) is 12. The molecule has 0 saturated heterocycles. The van der Waals surface area contributed by atoms with Gasteiger partial charge in [0.15, 0.2) is 0 Å². The van der Waals surface area contributed by atoms with E-state index in [1.165, 1.54) is 12.1 Å². The van der Waals surface area contributed by atoms with E-state index in [1.807, 2.05) is 109 Å². The Balaban J connectivity index is 0.000000336. The first-order valence-corrected chi connectivity index (χ1v) is 26.6. The van der Waals surface area contributed by atoms with E-state index >= 15 is 0 Å². The molecule has 0 fully saturated rings. The molecule has 0 aliphatic rings. The van der Waals surface area contributed by atoms with E-state index in [2.05, 4.69) is 27.7 Å². The van der Waals surface area contributed by atoms with Crippen LogP contribution in [0, 0.1) is 0 Å². The van der Waals surface area contributed by atoms with E-state index in [-0.39, 0.29) is 98.7 Å². The molecule has 81 heavy (non-hydrogen) atoms. The molecule has 8 aromatic carbocycles. The maximum Gasteiger partial charge on any atom is 1.00 e. The Kier molecular flexibility index (Phi) is 28.2. The fraction of sp³-hybridized carbons (Fsp3) is 0.242. The number of carbonyl (C=O) groups is 2. The van der Waals surface area contributed by atoms with Crippen molar-refractivity contribution in [3.05, 3.63) is 203 Å². The molecule has 0 aromatic heterocycles. The van der Waals surface area contributed by atoms with E-state index in [1.54, 1.807) is 48.5 Å². The Morgan fingerprint density at radius 2 is 0.728 bits per heavy atom. The van der Waals surface area contributed by atoms with Gasteiger partial charge in [-0.1, -0.05) is 138 Å². The third-order valence-electron chi connectivity index (χ3n) is 12.7. The average Bonchev–Trinajstić information content (AvgIpc) is 3.45. The molecule has 0 radical (unpaired) electrons. The van der Waals surface area contributed by atoms with Crippen molar-refractivity contribution in [1.29, 1.82) is 0 Å². The normalized spacial score (nSPS) is 10.3. The molecule has 8 rings (SSSR count). The van der Waals surface area contributed by atoms with E-state index < -0.39 is 11.9 Å². The van der Waals surface area contributed by atoms with E-state index in [4.69, 9.17) is 28.4 Å². The number of para-hydroxylation sites is 2. The minimum absolute atomic E-state index is 0. The molecular weight excluding hydrogens is 1050 g/mol. The number of phenolic OH excluding ortho intramolecular Hbond substituents is 2. The predicted octanol–water partition coefficient (Wildman–Crippen LogP) is 6.34. The van der Waals surface area contributed by atoms with Gasteiger partial charge in [-0.15, -0.1) is 0 Å². The Labute approximate surface area is 519 Å². The van der Waals surface area contributed by atoms with Crippen molar-refractivity contribution in [3.8, 4) is 79.7 Å². The summed E-state index contributed by atoms with van der Waals surface area (Å²) in [5.41, 5.74) is 7.30. The zero-order chi connectivity index (χ0) is 55.2. The van der Waals surface area contributed by atoms with Crippen LogP contribution in [0.3, 0.4) is 0 Å². The monoisotopic (exact) mass is 1110 g/mol. The molecule has 0 bridgehead atoms. The molecule has 0 aliphatic heterocycles. The van der Waals surface area contributed by atoms with E-state index in [0.29, 0.717) is 86.6 Å². The first-order valence-electron chi connectivity index (χ1n) is 26.6. The minimum atomic E-state index is -1.29. The number of carbonyl (C=O) groups excluding carboxylic acids is 2. The van der Waals surface area contributed by atoms with Crippen molar-refractivity contribution >= 4 is 11.9 Å². The third-order valence-corrected chi connectivity index (χ3v) is 12.7. The first-order chi connectivity index (χ1) is 38.0. The zero-order valence-electron chi connectivity index (χ0n) is 47.1. The van der Waals surface area contributed by atoms with Crippen LogP contribution in [0.4, 0.5) is 0 Å². The number of aromatic hydroxyl groups is 2. The molecular formula is C66H68Na2O13. The smallest absolute Gasteiger partial charge is 0.545 e. The van der Waals surface area contributed by atoms with Crippen LogP contribution in [0.2, 0.25) is 0 Å². The fourth-order valence-corrected chi connectivity index (χ4v) is 8.82. The number of ether oxygens (including phenoxy) is 6. The van der Waals surface area contributed by atoms with Crippen LogP contribution in [0.1, 0.15) is 96.3 Å². The number of phenols is 2. The number of hydrogen-bond donors (Lipinski definition) is 2. The van der Waals surface area contributed by atoms with Crippen molar-refractivity contribution in [2.75, 3.05) is 26.4 Å². The zero-order valence-corrected chi connectivity index (χ0v) is 51.1. The van der Waals surface area contributed by atoms with Gasteiger partial charge < -0.3 is 63.9 Å². The summed E-state index contributed by atoms with van der Waals surface area (Å²) >= 11 is 0. The van der Waals surface area contributed by atoms with Crippen LogP contribution in [0.5, 0.6) is 57.5 Å². The molecule has 8 aromatic rings. The van der Waals surface area contributed by atoms with Crippen molar-refractivity contribution in [2.24, 2.45) is 0 Å². The van der Waals surface area contributed by atoms with Crippen molar-refractivity contribution in [3.63, 3.8) is 0 Å². The first kappa shape index (κ1) is 66.6. The number of carboxylic acids is 2. The van der Waals surface area contributed by atoms with Gasteiger partial charge in [0.2, 0.25) is 0 Å². The average molecular weight is 1120 g/mol. The van der Waals surface area contributed by atoms with E-state index in [0.717, 1.165) is 70.2 Å². The Bertz CT molecular complexity index is 3030. The second-order valence-electron chi connectivity index (χ2n) is 18.2. The number of aromatic carboxylic acids is 2. The molecule has 0 atom stereocenters. The fourth-order valence-electron chi connectivity index (χ4n) is 8.82. The van der Waals surface area contributed by atoms with Crippen LogP contribution < -0.4 is 97.7 Å². The van der Waals surface area contributed by atoms with Gasteiger partial charge in [0.05, 0.1) is 38.4 Å². The molecule has 15 heteroatoms. The molecule has 4 N–H and O–H groups in total. The maximum atomic E-state index is 11.5. The standard InChI is InChI=1S/2C33H34O6.2Na.H2O/c2*1-3-12-25-29(17-10-18-30(25)39-31-16-9-8-15-26(31)33(35)36)37-19-11-20-38-32-22-28(34)27(21-23(32)4-2)24-13-6-5-7-14-24;;;/h2*5-10,13-18,21-22,34H,3-4,11-12,19-20H2,1-2H3,(H,35,36);;;1H2/q;;2*+1;/p-2. The molecule has 0 heterocycles. The van der Waals surface area contributed by atoms with Gasteiger partial charge in [-0.2, -0.15) is 0 Å². The van der Waals surface area contributed by atoms with Gasteiger partial charge >= 0.3 is 59.1 Å². The second-order valence-corrected chi connectivity index (χ2v) is 18.2. The van der Waals surface area contributed by atoms with Gasteiger partial charge in [0.1, 0.15) is 57.5 Å². The van der Waals surface area contributed by atoms with Gasteiger partial charge in [-0.05, 0) is 109 Å². The van der Waals surface area contributed by atoms with Crippen molar-refractivity contribution in [1.82, 2.24) is 0 Å². The van der Waals surface area contributed by atoms with Crippen LogP contribution in [-0.4, -0.2) is 54.1 Å². The Morgan fingerprint density at radius 3 is 1.07 bits per heavy atom. The minimum Gasteiger partial charge on any atom is -0.545 e. The number of aryl methyl sites for hydroxylation is 2. The summed E-state index contributed by atoms with van der Waals surface area (Å²) in [5, 5.41) is 44.2. The maximum absolute atomic E-state index is 11.5.